The summed E-state index contributed by atoms with van der Waals surface area (Å²) in [4.78, 5) is 4.09. The molecular weight excluding hydrogens is 224 g/mol. The standard InChI is InChI=1S/C14H18N4/c1-10-4-2-5-11(8-10)13(18-16)9-12-6-3-7-17-14(12)15/h2-8,13,18H,9,16H2,1H3,(H2,15,17). The van der Waals surface area contributed by atoms with E-state index < -0.39 is 0 Å². The molecule has 1 heterocycles. The Morgan fingerprint density at radius 3 is 2.78 bits per heavy atom. The van der Waals surface area contributed by atoms with Gasteiger partial charge in [-0.3, -0.25) is 11.3 Å². The highest BCUT2D eigenvalue weighted by Crippen LogP contribution is 2.20. The Hall–Kier alpha value is -1.91. The lowest BCUT2D eigenvalue weighted by atomic mass is 9.98. The van der Waals surface area contributed by atoms with E-state index in [1.54, 1.807) is 6.20 Å². The fourth-order valence-electron chi connectivity index (χ4n) is 2.00. The van der Waals surface area contributed by atoms with Gasteiger partial charge in [0.25, 0.3) is 0 Å². The topological polar surface area (TPSA) is 77.0 Å². The summed E-state index contributed by atoms with van der Waals surface area (Å²) in [5.41, 5.74) is 12.1. The number of aryl methyl sites for hydroxylation is 1. The number of aromatic nitrogens is 1. The molecule has 2 aromatic rings. The lowest BCUT2D eigenvalue weighted by Gasteiger charge is -2.17. The van der Waals surface area contributed by atoms with Crippen molar-refractivity contribution in [1.82, 2.24) is 10.4 Å². The van der Waals surface area contributed by atoms with Crippen molar-refractivity contribution < 1.29 is 0 Å². The number of hydrogen-bond donors (Lipinski definition) is 3. The molecular formula is C14H18N4. The SMILES string of the molecule is Cc1cccc(C(Cc2cccnc2N)NN)c1. The quantitative estimate of drug-likeness (QED) is 0.563. The molecule has 0 amide bonds. The molecule has 0 aliphatic heterocycles. The maximum atomic E-state index is 5.85. The van der Waals surface area contributed by atoms with Crippen molar-refractivity contribution in [2.45, 2.75) is 19.4 Å². The molecule has 18 heavy (non-hydrogen) atoms. The second-order valence-corrected chi connectivity index (χ2v) is 4.39. The zero-order chi connectivity index (χ0) is 13.0. The van der Waals surface area contributed by atoms with E-state index in [4.69, 9.17) is 11.6 Å². The minimum atomic E-state index is 0.0383. The molecule has 94 valence electrons. The number of nitrogens with zero attached hydrogens (tertiary/aromatic N) is 1. The Morgan fingerprint density at radius 1 is 1.28 bits per heavy atom. The molecule has 0 spiro atoms. The van der Waals surface area contributed by atoms with E-state index in [9.17, 15) is 0 Å². The zero-order valence-corrected chi connectivity index (χ0v) is 10.4. The maximum Gasteiger partial charge on any atom is 0.126 e. The number of pyridine rings is 1. The largest absolute Gasteiger partial charge is 0.383 e. The van der Waals surface area contributed by atoms with Crippen molar-refractivity contribution in [3.8, 4) is 0 Å². The Morgan fingerprint density at radius 2 is 2.11 bits per heavy atom. The van der Waals surface area contributed by atoms with Gasteiger partial charge in [0.05, 0.1) is 6.04 Å². The molecule has 0 radical (unpaired) electrons. The van der Waals surface area contributed by atoms with E-state index in [0.29, 0.717) is 5.82 Å². The molecule has 4 nitrogen and oxygen atoms in total. The van der Waals surface area contributed by atoms with E-state index in [1.165, 1.54) is 5.56 Å². The Kier molecular flexibility index (Phi) is 3.92. The third-order valence-electron chi connectivity index (χ3n) is 3.00. The van der Waals surface area contributed by atoms with Gasteiger partial charge in [0, 0.05) is 6.20 Å². The van der Waals surface area contributed by atoms with Gasteiger partial charge in [-0.1, -0.05) is 35.9 Å². The molecule has 0 saturated heterocycles. The molecule has 1 aromatic heterocycles. The van der Waals surface area contributed by atoms with Crippen molar-refractivity contribution in [2.24, 2.45) is 5.84 Å². The van der Waals surface area contributed by atoms with Gasteiger partial charge in [-0.15, -0.1) is 0 Å². The van der Waals surface area contributed by atoms with Crippen molar-refractivity contribution in [2.75, 3.05) is 5.73 Å². The molecule has 1 aromatic carbocycles. The van der Waals surface area contributed by atoms with E-state index in [-0.39, 0.29) is 6.04 Å². The van der Waals surface area contributed by atoms with Crippen LogP contribution in [0.2, 0.25) is 0 Å². The summed E-state index contributed by atoms with van der Waals surface area (Å²) in [6, 6.07) is 12.2. The van der Waals surface area contributed by atoms with Crippen molar-refractivity contribution >= 4 is 5.82 Å². The number of anilines is 1. The van der Waals surface area contributed by atoms with Crippen LogP contribution in [0.25, 0.3) is 0 Å². The molecule has 5 N–H and O–H groups in total. The van der Waals surface area contributed by atoms with E-state index in [0.717, 1.165) is 17.5 Å². The van der Waals surface area contributed by atoms with Crippen LogP contribution in [0.5, 0.6) is 0 Å². The predicted molar refractivity (Wildman–Crippen MR) is 73.6 cm³/mol. The molecule has 0 aliphatic carbocycles. The molecule has 4 heteroatoms. The highest BCUT2D eigenvalue weighted by molar-refractivity contribution is 5.40. The first-order valence-corrected chi connectivity index (χ1v) is 5.93. The average molecular weight is 242 g/mol. The van der Waals surface area contributed by atoms with E-state index >= 15 is 0 Å². The number of nitrogens with two attached hydrogens (primary N) is 2. The lowest BCUT2D eigenvalue weighted by Crippen LogP contribution is -2.29. The fourth-order valence-corrected chi connectivity index (χ4v) is 2.00. The van der Waals surface area contributed by atoms with Gasteiger partial charge in [0.1, 0.15) is 5.82 Å². The molecule has 2 rings (SSSR count). The van der Waals surface area contributed by atoms with Crippen LogP contribution in [0.15, 0.2) is 42.6 Å². The van der Waals surface area contributed by atoms with E-state index in [1.807, 2.05) is 18.2 Å². The Labute approximate surface area is 107 Å². The first-order valence-electron chi connectivity index (χ1n) is 5.93. The fraction of sp³-hybridized carbons (Fsp3) is 0.214. The number of rotatable bonds is 4. The van der Waals surface area contributed by atoms with Gasteiger partial charge in [-0.05, 0) is 30.5 Å². The number of nitrogens with one attached hydrogen (secondary N) is 1. The second kappa shape index (κ2) is 5.62. The minimum Gasteiger partial charge on any atom is -0.383 e. The average Bonchev–Trinajstić information content (AvgIpc) is 2.38. The predicted octanol–water partition coefficient (Wildman–Crippen LogP) is 1.72. The summed E-state index contributed by atoms with van der Waals surface area (Å²) in [6.45, 7) is 2.06. The van der Waals surface area contributed by atoms with Crippen LogP contribution < -0.4 is 17.0 Å². The van der Waals surface area contributed by atoms with Crippen molar-refractivity contribution in [3.05, 3.63) is 59.3 Å². The summed E-state index contributed by atoms with van der Waals surface area (Å²) in [5.74, 6) is 6.20. The Balaban J connectivity index is 2.23. The van der Waals surface area contributed by atoms with Gasteiger partial charge in [-0.2, -0.15) is 0 Å². The van der Waals surface area contributed by atoms with Crippen LogP contribution in [0.4, 0.5) is 5.82 Å². The van der Waals surface area contributed by atoms with Gasteiger partial charge in [0.2, 0.25) is 0 Å². The highest BCUT2D eigenvalue weighted by atomic mass is 15.2. The van der Waals surface area contributed by atoms with Crippen LogP contribution in [-0.2, 0) is 6.42 Å². The third kappa shape index (κ3) is 2.85. The Bertz CT molecular complexity index is 525. The number of nitrogen functional groups attached to an aromatic ring is 1. The summed E-state index contributed by atoms with van der Waals surface area (Å²) in [5, 5.41) is 0. The van der Waals surface area contributed by atoms with Gasteiger partial charge >= 0.3 is 0 Å². The van der Waals surface area contributed by atoms with Crippen LogP contribution in [0, 0.1) is 6.92 Å². The molecule has 0 bridgehead atoms. The number of benzene rings is 1. The van der Waals surface area contributed by atoms with Crippen LogP contribution in [0.3, 0.4) is 0 Å². The number of hydrazine groups is 1. The minimum absolute atomic E-state index is 0.0383. The monoisotopic (exact) mass is 242 g/mol. The van der Waals surface area contributed by atoms with Crippen LogP contribution >= 0.6 is 0 Å². The molecule has 0 aliphatic rings. The molecule has 0 saturated carbocycles. The second-order valence-electron chi connectivity index (χ2n) is 4.39. The summed E-state index contributed by atoms with van der Waals surface area (Å²) >= 11 is 0. The third-order valence-corrected chi connectivity index (χ3v) is 3.00. The summed E-state index contributed by atoms with van der Waals surface area (Å²) in [7, 11) is 0. The number of hydrogen-bond acceptors (Lipinski definition) is 4. The summed E-state index contributed by atoms with van der Waals surface area (Å²) in [6.07, 6.45) is 2.41. The van der Waals surface area contributed by atoms with Gasteiger partial charge in [0.15, 0.2) is 0 Å². The van der Waals surface area contributed by atoms with Crippen molar-refractivity contribution in [3.63, 3.8) is 0 Å². The highest BCUT2D eigenvalue weighted by Gasteiger charge is 2.12. The smallest absolute Gasteiger partial charge is 0.126 e. The van der Waals surface area contributed by atoms with E-state index in [2.05, 4.69) is 35.5 Å². The summed E-state index contributed by atoms with van der Waals surface area (Å²) < 4.78 is 0. The zero-order valence-electron chi connectivity index (χ0n) is 10.4. The van der Waals surface area contributed by atoms with Crippen LogP contribution in [-0.4, -0.2) is 4.98 Å². The maximum absolute atomic E-state index is 5.85. The van der Waals surface area contributed by atoms with Crippen molar-refractivity contribution in [1.29, 1.82) is 0 Å². The molecule has 0 fully saturated rings. The van der Waals surface area contributed by atoms with Gasteiger partial charge < -0.3 is 5.73 Å². The molecule has 1 atom stereocenters. The first kappa shape index (κ1) is 12.5. The van der Waals surface area contributed by atoms with Crippen LogP contribution in [0.1, 0.15) is 22.7 Å². The van der Waals surface area contributed by atoms with Gasteiger partial charge in [-0.25, -0.2) is 4.98 Å². The lowest BCUT2D eigenvalue weighted by molar-refractivity contribution is 0.552. The molecule has 1 unspecified atom stereocenters. The first-order chi connectivity index (χ1) is 8.70. The normalized spacial score (nSPS) is 12.3.